The first kappa shape index (κ1) is 11.6. The minimum atomic E-state index is -4.75. The minimum absolute atomic E-state index is 0.0663. The Kier molecular flexibility index (Phi) is 5.12. The van der Waals surface area contributed by atoms with Gasteiger partial charge in [-0.05, 0) is 5.75 Å². The van der Waals surface area contributed by atoms with Gasteiger partial charge in [0.1, 0.15) is 0 Å². The Balaban J connectivity index is 3.45. The van der Waals surface area contributed by atoms with Crippen LogP contribution in [-0.4, -0.2) is 30.1 Å². The molecule has 1 amide bonds. The van der Waals surface area contributed by atoms with Crippen LogP contribution in [0.15, 0.2) is 0 Å². The molecule has 1 N–H and O–H groups in total. The van der Waals surface area contributed by atoms with E-state index >= 15 is 0 Å². The van der Waals surface area contributed by atoms with Crippen molar-refractivity contribution in [2.75, 3.05) is 18.1 Å². The Morgan fingerprint density at radius 1 is 1.50 bits per heavy atom. The lowest BCUT2D eigenvalue weighted by Crippen LogP contribution is -2.37. The van der Waals surface area contributed by atoms with E-state index in [2.05, 4.69) is 0 Å². The van der Waals surface area contributed by atoms with E-state index in [0.717, 1.165) is 5.75 Å². The smallest absolute Gasteiger partial charge is 0.347 e. The number of amides is 1. The van der Waals surface area contributed by atoms with E-state index in [1.54, 1.807) is 5.32 Å². The van der Waals surface area contributed by atoms with Gasteiger partial charge in [0.15, 0.2) is 0 Å². The van der Waals surface area contributed by atoms with E-state index in [1.165, 1.54) is 11.8 Å². The van der Waals surface area contributed by atoms with Crippen molar-refractivity contribution in [3.8, 4) is 0 Å². The molecule has 0 aromatic carbocycles. The van der Waals surface area contributed by atoms with Crippen molar-refractivity contribution < 1.29 is 18.0 Å². The number of carbonyl (C=O) groups excluding carboxylic acids is 1. The van der Waals surface area contributed by atoms with Gasteiger partial charge >= 0.3 is 12.1 Å². The molecule has 0 bridgehead atoms. The number of hydrogen-bond donors (Lipinski definition) is 1. The van der Waals surface area contributed by atoms with Gasteiger partial charge in [-0.25, -0.2) is 0 Å². The number of thioether (sulfide) groups is 1. The lowest BCUT2D eigenvalue weighted by atomic mass is 10.5. The number of hydrogen-bond acceptors (Lipinski definition) is 2. The molecular formula is C6H10F3NOS. The fourth-order valence-electron chi connectivity index (χ4n) is 0.481. The van der Waals surface area contributed by atoms with Gasteiger partial charge in [-0.2, -0.15) is 24.9 Å². The van der Waals surface area contributed by atoms with E-state index in [-0.39, 0.29) is 6.54 Å². The molecule has 0 unspecified atom stereocenters. The summed E-state index contributed by atoms with van der Waals surface area (Å²) in [7, 11) is 0. The predicted molar refractivity (Wildman–Crippen MR) is 42.1 cm³/mol. The summed E-state index contributed by atoms with van der Waals surface area (Å²) in [5, 5.41) is 1.77. The van der Waals surface area contributed by atoms with Crippen LogP contribution >= 0.6 is 11.8 Å². The first-order valence-electron chi connectivity index (χ1n) is 3.41. The maximum atomic E-state index is 11.5. The van der Waals surface area contributed by atoms with Gasteiger partial charge in [0, 0.05) is 12.3 Å². The van der Waals surface area contributed by atoms with Gasteiger partial charge < -0.3 is 5.32 Å². The second-order valence-electron chi connectivity index (χ2n) is 1.95. The molecule has 0 aromatic rings. The Labute approximate surface area is 72.9 Å². The van der Waals surface area contributed by atoms with E-state index in [4.69, 9.17) is 0 Å². The molecule has 0 fully saturated rings. The van der Waals surface area contributed by atoms with E-state index in [0.29, 0.717) is 5.75 Å². The van der Waals surface area contributed by atoms with Crippen molar-refractivity contribution in [2.45, 2.75) is 13.1 Å². The molecule has 0 saturated heterocycles. The molecular weight excluding hydrogens is 191 g/mol. The summed E-state index contributed by atoms with van der Waals surface area (Å²) in [6.45, 7) is 1.97. The van der Waals surface area contributed by atoms with Gasteiger partial charge in [-0.1, -0.05) is 6.92 Å². The second kappa shape index (κ2) is 5.29. The highest BCUT2D eigenvalue weighted by Crippen LogP contribution is 2.13. The third-order valence-corrected chi connectivity index (χ3v) is 1.89. The predicted octanol–water partition coefficient (Wildman–Crippen LogP) is 1.42. The van der Waals surface area contributed by atoms with Crippen LogP contribution in [0.4, 0.5) is 13.2 Å². The molecule has 0 aliphatic heterocycles. The number of carbonyl (C=O) groups is 1. The maximum absolute atomic E-state index is 11.5. The quantitative estimate of drug-likeness (QED) is 0.697. The van der Waals surface area contributed by atoms with Crippen LogP contribution in [0.25, 0.3) is 0 Å². The summed E-state index contributed by atoms with van der Waals surface area (Å²) in [6.07, 6.45) is -4.75. The number of halogens is 3. The molecule has 0 heterocycles. The highest BCUT2D eigenvalue weighted by atomic mass is 32.2. The normalized spacial score (nSPS) is 11.3. The molecule has 0 rings (SSSR count). The molecule has 0 aliphatic rings. The van der Waals surface area contributed by atoms with Crippen LogP contribution in [0.2, 0.25) is 0 Å². The zero-order chi connectivity index (χ0) is 9.61. The summed E-state index contributed by atoms with van der Waals surface area (Å²) >= 11 is 1.48. The lowest BCUT2D eigenvalue weighted by molar-refractivity contribution is -0.173. The van der Waals surface area contributed by atoms with Crippen LogP contribution in [0, 0.1) is 0 Å². The molecule has 0 aromatic heterocycles. The van der Waals surface area contributed by atoms with Crippen LogP contribution in [0.5, 0.6) is 0 Å². The molecule has 0 aliphatic carbocycles. The Morgan fingerprint density at radius 2 is 2.08 bits per heavy atom. The molecule has 2 nitrogen and oxygen atoms in total. The molecule has 12 heavy (non-hydrogen) atoms. The fraction of sp³-hybridized carbons (Fsp3) is 0.833. The van der Waals surface area contributed by atoms with Crippen LogP contribution in [0.3, 0.4) is 0 Å². The molecule has 0 atom stereocenters. The summed E-state index contributed by atoms with van der Waals surface area (Å²) in [5.41, 5.74) is 0. The van der Waals surface area contributed by atoms with Crippen LogP contribution < -0.4 is 5.32 Å². The van der Waals surface area contributed by atoms with Crippen molar-refractivity contribution >= 4 is 17.7 Å². The van der Waals surface area contributed by atoms with Crippen LogP contribution in [-0.2, 0) is 4.79 Å². The largest absolute Gasteiger partial charge is 0.471 e. The first-order valence-corrected chi connectivity index (χ1v) is 4.56. The van der Waals surface area contributed by atoms with Crippen molar-refractivity contribution in [3.05, 3.63) is 0 Å². The van der Waals surface area contributed by atoms with E-state index in [1.807, 2.05) is 6.92 Å². The van der Waals surface area contributed by atoms with E-state index in [9.17, 15) is 18.0 Å². The molecule has 72 valence electrons. The summed E-state index contributed by atoms with van der Waals surface area (Å²) in [6, 6.07) is 0. The Morgan fingerprint density at radius 3 is 2.50 bits per heavy atom. The van der Waals surface area contributed by atoms with Crippen molar-refractivity contribution in [3.63, 3.8) is 0 Å². The minimum Gasteiger partial charge on any atom is -0.347 e. The Hall–Kier alpha value is -0.390. The monoisotopic (exact) mass is 201 g/mol. The SMILES string of the molecule is CCSCCNC(=O)C(F)(F)F. The third kappa shape index (κ3) is 5.29. The molecule has 0 radical (unpaired) electrons. The third-order valence-electron chi connectivity index (χ3n) is 0.994. The molecule has 0 saturated carbocycles. The summed E-state index contributed by atoms with van der Waals surface area (Å²) in [4.78, 5) is 10.2. The van der Waals surface area contributed by atoms with Crippen molar-refractivity contribution in [1.29, 1.82) is 0 Å². The first-order chi connectivity index (χ1) is 5.48. The van der Waals surface area contributed by atoms with Gasteiger partial charge in [0.25, 0.3) is 0 Å². The average Bonchev–Trinajstić information content (AvgIpc) is 1.96. The topological polar surface area (TPSA) is 29.1 Å². The standard InChI is InChI=1S/C6H10F3NOS/c1-2-12-4-3-10-5(11)6(7,8)9/h2-4H2,1H3,(H,10,11). The van der Waals surface area contributed by atoms with Crippen molar-refractivity contribution in [2.24, 2.45) is 0 Å². The molecule has 6 heteroatoms. The van der Waals surface area contributed by atoms with Crippen molar-refractivity contribution in [1.82, 2.24) is 5.32 Å². The highest BCUT2D eigenvalue weighted by Gasteiger charge is 2.38. The number of nitrogens with one attached hydrogen (secondary N) is 1. The summed E-state index contributed by atoms with van der Waals surface area (Å²) in [5.74, 6) is -0.514. The Bertz CT molecular complexity index is 148. The second-order valence-corrected chi connectivity index (χ2v) is 3.34. The fourth-order valence-corrected chi connectivity index (χ4v) is 1.02. The zero-order valence-electron chi connectivity index (χ0n) is 6.57. The van der Waals surface area contributed by atoms with Crippen LogP contribution in [0.1, 0.15) is 6.92 Å². The summed E-state index contributed by atoms with van der Waals surface area (Å²) < 4.78 is 34.6. The van der Waals surface area contributed by atoms with Gasteiger partial charge in [0.05, 0.1) is 0 Å². The van der Waals surface area contributed by atoms with Gasteiger partial charge in [-0.3, -0.25) is 4.79 Å². The van der Waals surface area contributed by atoms with Gasteiger partial charge in [-0.15, -0.1) is 0 Å². The maximum Gasteiger partial charge on any atom is 0.471 e. The average molecular weight is 201 g/mol. The van der Waals surface area contributed by atoms with Gasteiger partial charge in [0.2, 0.25) is 0 Å². The lowest BCUT2D eigenvalue weighted by Gasteiger charge is -2.06. The zero-order valence-corrected chi connectivity index (χ0v) is 7.39. The molecule has 0 spiro atoms. The number of rotatable bonds is 4. The van der Waals surface area contributed by atoms with E-state index < -0.39 is 12.1 Å². The highest BCUT2D eigenvalue weighted by molar-refractivity contribution is 7.99. The number of alkyl halides is 3.